The quantitative estimate of drug-likeness (QED) is 0.836. The number of likely N-dealkylation sites (N-methyl/N-ethyl adjacent to an activating group) is 1. The van der Waals surface area contributed by atoms with E-state index in [0.717, 1.165) is 19.5 Å². The highest BCUT2D eigenvalue weighted by molar-refractivity contribution is 7.89. The third kappa shape index (κ3) is 3.42. The van der Waals surface area contributed by atoms with E-state index >= 15 is 0 Å². The molecule has 1 saturated heterocycles. The Morgan fingerprint density at radius 1 is 1.38 bits per heavy atom. The Kier molecular flexibility index (Phi) is 5.32. The first-order valence-electron chi connectivity index (χ1n) is 7.32. The van der Waals surface area contributed by atoms with Gasteiger partial charge >= 0.3 is 0 Å². The number of pyridine rings is 1. The topological polar surface area (TPSA) is 73.7 Å². The molecule has 0 amide bonds. The van der Waals surface area contributed by atoms with Crippen LogP contribution in [0.3, 0.4) is 0 Å². The molecule has 1 N–H and O–H groups in total. The van der Waals surface area contributed by atoms with Gasteiger partial charge in [0.1, 0.15) is 0 Å². The lowest BCUT2D eigenvalue weighted by Crippen LogP contribution is -2.38. The minimum Gasteiger partial charge on any atom is -0.392 e. The second-order valence-electron chi connectivity index (χ2n) is 5.19. The molecule has 0 aromatic carbocycles. The molecular formula is C14H23N3O3S. The Morgan fingerprint density at radius 3 is 2.62 bits per heavy atom. The van der Waals surface area contributed by atoms with Gasteiger partial charge in [0.25, 0.3) is 10.0 Å². The number of hydrogen-bond acceptors (Lipinski definition) is 5. The van der Waals surface area contributed by atoms with Gasteiger partial charge in [-0.25, -0.2) is 13.4 Å². The van der Waals surface area contributed by atoms with Crippen LogP contribution < -0.4 is 0 Å². The second kappa shape index (κ2) is 6.83. The molecule has 1 aromatic rings. The van der Waals surface area contributed by atoms with E-state index < -0.39 is 10.0 Å². The molecule has 2 heterocycles. The summed E-state index contributed by atoms with van der Waals surface area (Å²) in [5.74, 6) is 0. The van der Waals surface area contributed by atoms with E-state index in [1.165, 1.54) is 16.6 Å². The van der Waals surface area contributed by atoms with Gasteiger partial charge in [0, 0.05) is 25.3 Å². The molecule has 6 nitrogen and oxygen atoms in total. The fraction of sp³-hybridized carbons (Fsp3) is 0.643. The lowest BCUT2D eigenvalue weighted by Gasteiger charge is -2.25. The van der Waals surface area contributed by atoms with Crippen LogP contribution in [0.25, 0.3) is 0 Å². The molecule has 1 fully saturated rings. The van der Waals surface area contributed by atoms with Crippen LogP contribution in [0.1, 0.15) is 25.8 Å². The highest BCUT2D eigenvalue weighted by atomic mass is 32.2. The number of hydrogen-bond donors (Lipinski definition) is 1. The molecule has 0 spiro atoms. The Labute approximate surface area is 126 Å². The summed E-state index contributed by atoms with van der Waals surface area (Å²) in [7, 11) is -3.53. The van der Waals surface area contributed by atoms with Crippen LogP contribution in [0.5, 0.6) is 0 Å². The fourth-order valence-electron chi connectivity index (χ4n) is 2.76. The summed E-state index contributed by atoms with van der Waals surface area (Å²) in [6.45, 7) is 6.96. The number of nitrogens with zero attached hydrogens (tertiary/aromatic N) is 3. The summed E-state index contributed by atoms with van der Waals surface area (Å²) < 4.78 is 26.6. The van der Waals surface area contributed by atoms with Gasteiger partial charge in [0.2, 0.25) is 0 Å². The molecule has 1 aromatic heterocycles. The number of sulfonamides is 1. The van der Waals surface area contributed by atoms with Crippen molar-refractivity contribution in [3.8, 4) is 0 Å². The largest absolute Gasteiger partial charge is 0.392 e. The van der Waals surface area contributed by atoms with Crippen LogP contribution in [-0.2, 0) is 16.6 Å². The van der Waals surface area contributed by atoms with Crippen LogP contribution in [0.2, 0.25) is 0 Å². The predicted molar refractivity (Wildman–Crippen MR) is 80.2 cm³/mol. The summed E-state index contributed by atoms with van der Waals surface area (Å²) >= 11 is 0. The smallest absolute Gasteiger partial charge is 0.260 e. The normalized spacial score (nSPS) is 20.3. The van der Waals surface area contributed by atoms with Gasteiger partial charge in [-0.2, -0.15) is 4.31 Å². The van der Waals surface area contributed by atoms with E-state index in [2.05, 4.69) is 23.7 Å². The maximum atomic E-state index is 12.6. The van der Waals surface area contributed by atoms with Crippen LogP contribution in [0.15, 0.2) is 23.4 Å². The Bertz CT molecular complexity index is 555. The molecule has 1 aliphatic rings. The summed E-state index contributed by atoms with van der Waals surface area (Å²) in [5, 5.41) is 9.04. The molecule has 2 rings (SSSR count). The van der Waals surface area contributed by atoms with Crippen molar-refractivity contribution in [3.63, 3.8) is 0 Å². The van der Waals surface area contributed by atoms with Crippen molar-refractivity contribution < 1.29 is 13.5 Å². The maximum absolute atomic E-state index is 12.6. The zero-order valence-electron chi connectivity index (χ0n) is 12.6. The Balaban J connectivity index is 2.13. The molecule has 118 valence electrons. The van der Waals surface area contributed by atoms with E-state index in [1.807, 2.05) is 0 Å². The second-order valence-corrected chi connectivity index (χ2v) is 7.07. The van der Waals surface area contributed by atoms with E-state index in [0.29, 0.717) is 18.7 Å². The number of aliphatic hydroxyl groups is 1. The van der Waals surface area contributed by atoms with Gasteiger partial charge in [-0.15, -0.1) is 0 Å². The van der Waals surface area contributed by atoms with Gasteiger partial charge in [-0.3, -0.25) is 4.90 Å². The van der Waals surface area contributed by atoms with Crippen LogP contribution in [-0.4, -0.2) is 59.9 Å². The molecule has 1 unspecified atom stereocenters. The van der Waals surface area contributed by atoms with Gasteiger partial charge in [0.05, 0.1) is 6.61 Å². The first-order chi connectivity index (χ1) is 10.0. The molecule has 0 aliphatic carbocycles. The van der Waals surface area contributed by atoms with Gasteiger partial charge in [-0.05, 0) is 31.1 Å². The average Bonchev–Trinajstić information content (AvgIpc) is 2.99. The summed E-state index contributed by atoms with van der Waals surface area (Å²) in [4.78, 5) is 6.26. The van der Waals surface area contributed by atoms with Crippen LogP contribution in [0.4, 0.5) is 0 Å². The zero-order valence-corrected chi connectivity index (χ0v) is 13.4. The fourth-order valence-corrected chi connectivity index (χ4v) is 4.16. The minimum atomic E-state index is -3.53. The van der Waals surface area contributed by atoms with Crippen molar-refractivity contribution in [1.82, 2.24) is 14.2 Å². The van der Waals surface area contributed by atoms with Crippen molar-refractivity contribution in [1.29, 1.82) is 0 Å². The molecule has 0 bridgehead atoms. The van der Waals surface area contributed by atoms with Crippen molar-refractivity contribution in [2.24, 2.45) is 0 Å². The summed E-state index contributed by atoms with van der Waals surface area (Å²) in [6, 6.07) is 3.34. The van der Waals surface area contributed by atoms with Crippen molar-refractivity contribution in [2.75, 3.05) is 26.2 Å². The first-order valence-corrected chi connectivity index (χ1v) is 8.76. The van der Waals surface area contributed by atoms with Crippen LogP contribution in [0, 0.1) is 0 Å². The van der Waals surface area contributed by atoms with Gasteiger partial charge in [-0.1, -0.05) is 19.9 Å². The van der Waals surface area contributed by atoms with E-state index in [1.54, 1.807) is 6.07 Å². The molecule has 0 saturated carbocycles. The van der Waals surface area contributed by atoms with Crippen LogP contribution >= 0.6 is 0 Å². The minimum absolute atomic E-state index is 0.0555. The number of aliphatic hydroxyl groups excluding tert-OH is 1. The molecule has 1 atom stereocenters. The molecule has 1 aliphatic heterocycles. The van der Waals surface area contributed by atoms with Crippen molar-refractivity contribution in [2.45, 2.75) is 37.9 Å². The van der Waals surface area contributed by atoms with Crippen molar-refractivity contribution in [3.05, 3.63) is 23.9 Å². The molecule has 0 radical (unpaired) electrons. The Hall–Kier alpha value is -1.02. The lowest BCUT2D eigenvalue weighted by molar-refractivity contribution is 0.224. The first kappa shape index (κ1) is 16.4. The molecule has 7 heteroatoms. The van der Waals surface area contributed by atoms with E-state index in [4.69, 9.17) is 5.11 Å². The third-order valence-electron chi connectivity index (χ3n) is 4.04. The average molecular weight is 313 g/mol. The highest BCUT2D eigenvalue weighted by Gasteiger charge is 2.35. The lowest BCUT2D eigenvalue weighted by atomic mass is 10.2. The maximum Gasteiger partial charge on any atom is 0.260 e. The van der Waals surface area contributed by atoms with E-state index in [9.17, 15) is 8.42 Å². The summed E-state index contributed by atoms with van der Waals surface area (Å²) in [6.07, 6.45) is 2.26. The third-order valence-corrected chi connectivity index (χ3v) is 5.82. The zero-order chi connectivity index (χ0) is 15.5. The summed E-state index contributed by atoms with van der Waals surface area (Å²) in [5.41, 5.74) is 0.608. The molecule has 21 heavy (non-hydrogen) atoms. The Morgan fingerprint density at radius 2 is 2.10 bits per heavy atom. The van der Waals surface area contributed by atoms with Gasteiger partial charge < -0.3 is 5.11 Å². The van der Waals surface area contributed by atoms with Crippen molar-refractivity contribution >= 4 is 10.0 Å². The standard InChI is InChI=1S/C14H23N3O3S/c1-3-16(4-2)13-7-8-17(10-13)21(19,20)14-6-5-12(11-18)9-15-14/h5-6,9,13,18H,3-4,7-8,10-11H2,1-2H3. The molecular weight excluding hydrogens is 290 g/mol. The number of aromatic nitrogens is 1. The monoisotopic (exact) mass is 313 g/mol. The SMILES string of the molecule is CCN(CC)C1CCN(S(=O)(=O)c2ccc(CO)cn2)C1. The highest BCUT2D eigenvalue weighted by Crippen LogP contribution is 2.22. The number of rotatable bonds is 6. The van der Waals surface area contributed by atoms with Gasteiger partial charge in [0.15, 0.2) is 5.03 Å². The van der Waals surface area contributed by atoms with E-state index in [-0.39, 0.29) is 17.7 Å². The predicted octanol–water partition coefficient (Wildman–Crippen LogP) is 0.679.